The van der Waals surface area contributed by atoms with Gasteiger partial charge in [0.15, 0.2) is 0 Å². The SMILES string of the molecule is CCc1ccccc1NC(=O)CN(C)C(=O)/C=C/c1cccc(C)c1. The molecular weight excluding hydrogens is 312 g/mol. The number of rotatable bonds is 6. The Balaban J connectivity index is 1.93. The number of carbonyl (C=O) groups is 2. The van der Waals surface area contributed by atoms with Gasteiger partial charge in [0.2, 0.25) is 11.8 Å². The third kappa shape index (κ3) is 5.60. The number of aryl methyl sites for hydroxylation is 2. The molecular formula is C21H24N2O2. The molecule has 0 heterocycles. The van der Waals surface area contributed by atoms with Crippen LogP contribution >= 0.6 is 0 Å². The van der Waals surface area contributed by atoms with Crippen molar-refractivity contribution in [1.82, 2.24) is 4.90 Å². The molecule has 0 bridgehead atoms. The van der Waals surface area contributed by atoms with E-state index >= 15 is 0 Å². The van der Waals surface area contributed by atoms with Crippen LogP contribution in [0.25, 0.3) is 6.08 Å². The smallest absolute Gasteiger partial charge is 0.246 e. The van der Waals surface area contributed by atoms with Gasteiger partial charge in [0, 0.05) is 18.8 Å². The quantitative estimate of drug-likeness (QED) is 0.818. The van der Waals surface area contributed by atoms with Crippen LogP contribution in [0.15, 0.2) is 54.6 Å². The predicted octanol–water partition coefficient (Wildman–Crippen LogP) is 3.67. The second-order valence-electron chi connectivity index (χ2n) is 6.00. The summed E-state index contributed by atoms with van der Waals surface area (Å²) in [4.78, 5) is 25.8. The maximum absolute atomic E-state index is 12.2. The van der Waals surface area contributed by atoms with Crippen molar-refractivity contribution in [2.45, 2.75) is 20.3 Å². The van der Waals surface area contributed by atoms with Gasteiger partial charge in [-0.05, 0) is 36.6 Å². The zero-order chi connectivity index (χ0) is 18.2. The largest absolute Gasteiger partial charge is 0.333 e. The molecule has 2 aromatic rings. The van der Waals surface area contributed by atoms with E-state index in [2.05, 4.69) is 5.32 Å². The average Bonchev–Trinajstić information content (AvgIpc) is 2.60. The first-order valence-corrected chi connectivity index (χ1v) is 8.37. The molecule has 0 radical (unpaired) electrons. The lowest BCUT2D eigenvalue weighted by atomic mass is 10.1. The van der Waals surface area contributed by atoms with Crippen LogP contribution in [0.2, 0.25) is 0 Å². The van der Waals surface area contributed by atoms with Gasteiger partial charge in [-0.15, -0.1) is 0 Å². The Hall–Kier alpha value is -2.88. The topological polar surface area (TPSA) is 49.4 Å². The lowest BCUT2D eigenvalue weighted by Crippen LogP contribution is -2.34. The Labute approximate surface area is 149 Å². The average molecular weight is 336 g/mol. The van der Waals surface area contributed by atoms with E-state index in [1.807, 2.05) is 62.4 Å². The van der Waals surface area contributed by atoms with Crippen molar-refractivity contribution < 1.29 is 9.59 Å². The lowest BCUT2D eigenvalue weighted by molar-refractivity contribution is -0.129. The van der Waals surface area contributed by atoms with Crippen LogP contribution in [-0.2, 0) is 16.0 Å². The third-order valence-corrected chi connectivity index (χ3v) is 3.89. The van der Waals surface area contributed by atoms with Gasteiger partial charge in [0.05, 0.1) is 6.54 Å². The highest BCUT2D eigenvalue weighted by atomic mass is 16.2. The fourth-order valence-corrected chi connectivity index (χ4v) is 2.50. The maximum Gasteiger partial charge on any atom is 0.246 e. The number of benzene rings is 2. The number of nitrogens with zero attached hydrogens (tertiary/aromatic N) is 1. The molecule has 130 valence electrons. The first-order chi connectivity index (χ1) is 12.0. The lowest BCUT2D eigenvalue weighted by Gasteiger charge is -2.16. The van der Waals surface area contributed by atoms with Crippen molar-refractivity contribution in [3.63, 3.8) is 0 Å². The summed E-state index contributed by atoms with van der Waals surface area (Å²) in [7, 11) is 1.62. The first-order valence-electron chi connectivity index (χ1n) is 8.37. The summed E-state index contributed by atoms with van der Waals surface area (Å²) < 4.78 is 0. The molecule has 0 aliphatic carbocycles. The highest BCUT2D eigenvalue weighted by molar-refractivity contribution is 5.98. The minimum absolute atomic E-state index is 0.00897. The molecule has 2 amide bonds. The second kappa shape index (κ2) is 8.83. The molecule has 2 rings (SSSR count). The van der Waals surface area contributed by atoms with Crippen molar-refractivity contribution in [3.8, 4) is 0 Å². The molecule has 0 saturated carbocycles. The number of likely N-dealkylation sites (N-methyl/N-ethyl adjacent to an activating group) is 1. The molecule has 0 atom stereocenters. The van der Waals surface area contributed by atoms with Gasteiger partial charge >= 0.3 is 0 Å². The van der Waals surface area contributed by atoms with Crippen LogP contribution in [0.1, 0.15) is 23.6 Å². The molecule has 25 heavy (non-hydrogen) atoms. The molecule has 4 heteroatoms. The number of hydrogen-bond acceptors (Lipinski definition) is 2. The van der Waals surface area contributed by atoms with Crippen LogP contribution in [0.4, 0.5) is 5.69 Å². The van der Waals surface area contributed by atoms with Gasteiger partial charge in [0.1, 0.15) is 0 Å². The third-order valence-electron chi connectivity index (χ3n) is 3.89. The van der Waals surface area contributed by atoms with E-state index in [1.165, 1.54) is 11.0 Å². The van der Waals surface area contributed by atoms with E-state index in [0.717, 1.165) is 28.8 Å². The van der Waals surface area contributed by atoms with E-state index in [0.29, 0.717) is 0 Å². The van der Waals surface area contributed by atoms with Crippen molar-refractivity contribution >= 4 is 23.6 Å². The molecule has 0 saturated heterocycles. The Kier molecular flexibility index (Phi) is 6.52. The highest BCUT2D eigenvalue weighted by Gasteiger charge is 2.11. The Bertz CT molecular complexity index is 781. The molecule has 0 aliphatic rings. The minimum atomic E-state index is -0.208. The zero-order valence-electron chi connectivity index (χ0n) is 15.0. The van der Waals surface area contributed by atoms with E-state index < -0.39 is 0 Å². The summed E-state index contributed by atoms with van der Waals surface area (Å²) >= 11 is 0. The summed E-state index contributed by atoms with van der Waals surface area (Å²) in [5.74, 6) is -0.416. The van der Waals surface area contributed by atoms with E-state index in [4.69, 9.17) is 0 Å². The number of hydrogen-bond donors (Lipinski definition) is 1. The Morgan fingerprint density at radius 2 is 1.88 bits per heavy atom. The first kappa shape index (κ1) is 18.5. The van der Waals surface area contributed by atoms with E-state index in [9.17, 15) is 9.59 Å². The second-order valence-corrected chi connectivity index (χ2v) is 6.00. The van der Waals surface area contributed by atoms with Gasteiger partial charge in [-0.2, -0.15) is 0 Å². The maximum atomic E-state index is 12.2. The molecule has 0 fully saturated rings. The van der Waals surface area contributed by atoms with Crippen LogP contribution in [0, 0.1) is 6.92 Å². The van der Waals surface area contributed by atoms with Gasteiger partial charge in [0.25, 0.3) is 0 Å². The van der Waals surface area contributed by atoms with Gasteiger partial charge in [-0.3, -0.25) is 9.59 Å². The molecule has 0 aromatic heterocycles. The molecule has 0 spiro atoms. The van der Waals surface area contributed by atoms with E-state index in [-0.39, 0.29) is 18.4 Å². The summed E-state index contributed by atoms with van der Waals surface area (Å²) in [5, 5.41) is 2.87. The summed E-state index contributed by atoms with van der Waals surface area (Å²) in [6.07, 6.45) is 4.09. The number of anilines is 1. The monoisotopic (exact) mass is 336 g/mol. The van der Waals surface area contributed by atoms with Crippen molar-refractivity contribution in [2.24, 2.45) is 0 Å². The van der Waals surface area contributed by atoms with Crippen molar-refractivity contribution in [2.75, 3.05) is 18.9 Å². The molecule has 2 aromatic carbocycles. The summed E-state index contributed by atoms with van der Waals surface area (Å²) in [6.45, 7) is 4.05. The van der Waals surface area contributed by atoms with Crippen molar-refractivity contribution in [3.05, 3.63) is 71.3 Å². The molecule has 0 unspecified atom stereocenters. The minimum Gasteiger partial charge on any atom is -0.333 e. The zero-order valence-corrected chi connectivity index (χ0v) is 15.0. The Morgan fingerprint density at radius 3 is 2.60 bits per heavy atom. The van der Waals surface area contributed by atoms with Crippen LogP contribution in [-0.4, -0.2) is 30.3 Å². The summed E-state index contributed by atoms with van der Waals surface area (Å²) in [5.41, 5.74) is 3.97. The van der Waals surface area contributed by atoms with Gasteiger partial charge in [-0.1, -0.05) is 55.0 Å². The normalized spacial score (nSPS) is 10.7. The van der Waals surface area contributed by atoms with Gasteiger partial charge < -0.3 is 10.2 Å². The highest BCUT2D eigenvalue weighted by Crippen LogP contribution is 2.15. The Morgan fingerprint density at radius 1 is 1.12 bits per heavy atom. The fourth-order valence-electron chi connectivity index (χ4n) is 2.50. The molecule has 4 nitrogen and oxygen atoms in total. The predicted molar refractivity (Wildman–Crippen MR) is 102 cm³/mol. The molecule has 1 N–H and O–H groups in total. The van der Waals surface area contributed by atoms with Gasteiger partial charge in [-0.25, -0.2) is 0 Å². The number of amides is 2. The fraction of sp³-hybridized carbons (Fsp3) is 0.238. The van der Waals surface area contributed by atoms with E-state index in [1.54, 1.807) is 13.1 Å². The van der Waals surface area contributed by atoms with Crippen LogP contribution in [0.5, 0.6) is 0 Å². The summed E-state index contributed by atoms with van der Waals surface area (Å²) in [6, 6.07) is 15.6. The van der Waals surface area contributed by atoms with Crippen LogP contribution in [0.3, 0.4) is 0 Å². The number of nitrogens with one attached hydrogen (secondary N) is 1. The standard InChI is InChI=1S/C21H24N2O2/c1-4-18-10-5-6-11-19(18)22-20(24)15-23(3)21(25)13-12-17-9-7-8-16(2)14-17/h5-14H,4,15H2,1-3H3,(H,22,24)/b13-12+. The number of para-hydroxylation sites is 1. The van der Waals surface area contributed by atoms with Crippen LogP contribution < -0.4 is 5.32 Å². The van der Waals surface area contributed by atoms with Crippen molar-refractivity contribution in [1.29, 1.82) is 0 Å². The molecule has 0 aliphatic heterocycles. The number of carbonyl (C=O) groups excluding carboxylic acids is 2.